The summed E-state index contributed by atoms with van der Waals surface area (Å²) in [6, 6.07) is 0. The Balaban J connectivity index is 4.34. The molecule has 0 saturated heterocycles. The topological polar surface area (TPSA) is 82.1 Å². The first-order valence-corrected chi connectivity index (χ1v) is 10.5. The Labute approximate surface area is 152 Å². The average Bonchev–Trinajstić information content (AvgIpc) is 2.51. The van der Waals surface area contributed by atoms with Crippen LogP contribution in [-0.4, -0.2) is 61.3 Å². The Morgan fingerprint density at radius 3 is 1.88 bits per heavy atom. The largest absolute Gasteiger partial charge is 0.472 e. The molecule has 0 saturated carbocycles. The number of phosphoric acid groups is 1. The van der Waals surface area contributed by atoms with Crippen molar-refractivity contribution < 1.29 is 32.5 Å². The molecule has 0 aromatic carbocycles. The maximum atomic E-state index is 11.9. The van der Waals surface area contributed by atoms with Crippen molar-refractivity contribution in [2.75, 3.05) is 46.0 Å². The molecule has 0 aliphatic heterocycles. The molecule has 0 amide bonds. The van der Waals surface area contributed by atoms with Crippen LogP contribution in [0.15, 0.2) is 12.2 Å². The highest BCUT2D eigenvalue weighted by Crippen LogP contribution is 2.42. The van der Waals surface area contributed by atoms with Crippen LogP contribution in [0.3, 0.4) is 0 Å². The van der Waals surface area contributed by atoms with Crippen molar-refractivity contribution in [3.63, 3.8) is 0 Å². The molecule has 0 aliphatic rings. The normalized spacial score (nSPS) is 14.1. The first-order valence-electron chi connectivity index (χ1n) is 9.01. The summed E-state index contributed by atoms with van der Waals surface area (Å²) < 4.78 is 27.5. The van der Waals surface area contributed by atoms with Gasteiger partial charge in [-0.15, -0.1) is 0 Å². The number of quaternary nitrogens is 1. The van der Waals surface area contributed by atoms with Crippen molar-refractivity contribution in [1.82, 2.24) is 0 Å². The first-order chi connectivity index (χ1) is 11.7. The van der Waals surface area contributed by atoms with Crippen LogP contribution in [0, 0.1) is 0 Å². The van der Waals surface area contributed by atoms with Gasteiger partial charge in [0.1, 0.15) is 19.8 Å². The fourth-order valence-electron chi connectivity index (χ4n) is 2.89. The van der Waals surface area contributed by atoms with Crippen LogP contribution in [0.1, 0.15) is 47.0 Å². The van der Waals surface area contributed by atoms with Gasteiger partial charge in [-0.1, -0.05) is 27.4 Å². The second-order valence-corrected chi connectivity index (χ2v) is 7.74. The molecule has 148 valence electrons. The number of esters is 1. The summed E-state index contributed by atoms with van der Waals surface area (Å²) in [5, 5.41) is 0. The highest BCUT2D eigenvalue weighted by Gasteiger charge is 2.27. The van der Waals surface area contributed by atoms with Crippen LogP contribution in [0.4, 0.5) is 0 Å². The molecule has 0 aromatic rings. The lowest BCUT2D eigenvalue weighted by molar-refractivity contribution is -0.928. The highest BCUT2D eigenvalue weighted by molar-refractivity contribution is 7.47. The van der Waals surface area contributed by atoms with Gasteiger partial charge >= 0.3 is 13.8 Å². The molecule has 1 unspecified atom stereocenters. The minimum atomic E-state index is -4.14. The van der Waals surface area contributed by atoms with Gasteiger partial charge in [-0.2, -0.15) is 0 Å². The number of rotatable bonds is 15. The fourth-order valence-corrected chi connectivity index (χ4v) is 3.58. The van der Waals surface area contributed by atoms with Gasteiger partial charge in [-0.05, 0) is 26.2 Å². The summed E-state index contributed by atoms with van der Waals surface area (Å²) in [5.74, 6) is -0.557. The van der Waals surface area contributed by atoms with Gasteiger partial charge in [0.2, 0.25) is 0 Å². The number of carbonyl (C=O) groups is 1. The molecule has 0 fully saturated rings. The van der Waals surface area contributed by atoms with E-state index in [4.69, 9.17) is 13.8 Å². The molecule has 0 aliphatic carbocycles. The van der Waals surface area contributed by atoms with E-state index < -0.39 is 13.8 Å². The minimum Gasteiger partial charge on any atom is -0.460 e. The average molecular weight is 380 g/mol. The second-order valence-electron chi connectivity index (χ2n) is 6.29. The van der Waals surface area contributed by atoms with Crippen LogP contribution >= 0.6 is 7.82 Å². The molecule has 0 bridgehead atoms. The van der Waals surface area contributed by atoms with Gasteiger partial charge in [-0.3, -0.25) is 9.05 Å². The van der Waals surface area contributed by atoms with E-state index in [1.165, 1.54) is 6.92 Å². The summed E-state index contributed by atoms with van der Waals surface area (Å²) in [6.07, 6.45) is 3.17. The van der Waals surface area contributed by atoms with Crippen molar-refractivity contribution in [3.05, 3.63) is 12.2 Å². The lowest BCUT2D eigenvalue weighted by atomic mass is 10.2. The van der Waals surface area contributed by atoms with Crippen molar-refractivity contribution in [3.8, 4) is 0 Å². The number of phosphoric ester groups is 1. The SMILES string of the molecule is C=C(C)C(=O)OCCOP(=O)(O)OCC[N+](CCC)(CCC)CCC. The Hall–Kier alpha value is -0.720. The van der Waals surface area contributed by atoms with Crippen LogP contribution in [0.2, 0.25) is 0 Å². The lowest BCUT2D eigenvalue weighted by Crippen LogP contribution is -2.51. The van der Waals surface area contributed by atoms with E-state index in [0.29, 0.717) is 6.54 Å². The Bertz CT molecular complexity index is 437. The van der Waals surface area contributed by atoms with Crippen molar-refractivity contribution in [2.45, 2.75) is 47.0 Å². The van der Waals surface area contributed by atoms with Gasteiger partial charge in [0.25, 0.3) is 0 Å². The third-order valence-electron chi connectivity index (χ3n) is 3.83. The summed E-state index contributed by atoms with van der Waals surface area (Å²) >= 11 is 0. The second kappa shape index (κ2) is 12.6. The van der Waals surface area contributed by atoms with E-state index >= 15 is 0 Å². The monoisotopic (exact) mass is 380 g/mol. The third-order valence-corrected chi connectivity index (χ3v) is 4.85. The van der Waals surface area contributed by atoms with Gasteiger partial charge in [0, 0.05) is 5.57 Å². The van der Waals surface area contributed by atoms with E-state index in [1.807, 2.05) is 0 Å². The molecule has 0 radical (unpaired) electrons. The molecule has 7 nitrogen and oxygen atoms in total. The number of hydrogen-bond donors (Lipinski definition) is 1. The third kappa shape index (κ3) is 10.8. The van der Waals surface area contributed by atoms with Gasteiger partial charge in [0.05, 0.1) is 26.2 Å². The maximum absolute atomic E-state index is 11.9. The fraction of sp³-hybridized carbons (Fsp3) is 0.824. The Morgan fingerprint density at radius 2 is 1.44 bits per heavy atom. The highest BCUT2D eigenvalue weighted by atomic mass is 31.2. The quantitative estimate of drug-likeness (QED) is 0.154. The molecular weight excluding hydrogens is 345 g/mol. The van der Waals surface area contributed by atoms with Crippen LogP contribution < -0.4 is 0 Å². The van der Waals surface area contributed by atoms with Crippen molar-refractivity contribution in [2.24, 2.45) is 0 Å². The number of hydrogen-bond acceptors (Lipinski definition) is 5. The molecule has 1 atom stereocenters. The van der Waals surface area contributed by atoms with E-state index in [2.05, 4.69) is 27.4 Å². The van der Waals surface area contributed by atoms with E-state index in [0.717, 1.165) is 43.4 Å². The molecule has 0 heterocycles. The molecule has 0 spiro atoms. The van der Waals surface area contributed by atoms with Crippen LogP contribution in [0.25, 0.3) is 0 Å². The van der Waals surface area contributed by atoms with Gasteiger partial charge in [0.15, 0.2) is 0 Å². The zero-order valence-corrected chi connectivity index (χ0v) is 17.1. The summed E-state index contributed by atoms with van der Waals surface area (Å²) in [6.45, 7) is 15.0. The number of carbonyl (C=O) groups excluding carboxylic acids is 1. The maximum Gasteiger partial charge on any atom is 0.472 e. The van der Waals surface area contributed by atoms with E-state index in [1.54, 1.807) is 0 Å². The zero-order valence-electron chi connectivity index (χ0n) is 16.2. The molecule has 0 aromatic heterocycles. The van der Waals surface area contributed by atoms with Crippen molar-refractivity contribution >= 4 is 13.8 Å². The Kier molecular flexibility index (Phi) is 12.2. The summed E-state index contributed by atoms with van der Waals surface area (Å²) in [7, 11) is -4.14. The van der Waals surface area contributed by atoms with E-state index in [9.17, 15) is 14.3 Å². The first kappa shape index (κ1) is 24.3. The number of ether oxygens (including phenoxy) is 1. The van der Waals surface area contributed by atoms with Crippen LogP contribution in [0.5, 0.6) is 0 Å². The predicted octanol–water partition coefficient (Wildman–Crippen LogP) is 3.29. The smallest absolute Gasteiger partial charge is 0.460 e. The van der Waals surface area contributed by atoms with Gasteiger partial charge in [-0.25, -0.2) is 9.36 Å². The standard InChI is InChI=1S/C17H34NO6P/c1-6-9-18(10-7-2,11-8-3)12-13-23-25(20,21)24-15-14-22-17(19)16(4)5/h4,6-15H2,1-3,5H3/p+1. The lowest BCUT2D eigenvalue weighted by Gasteiger charge is -2.38. The summed E-state index contributed by atoms with van der Waals surface area (Å²) in [5.41, 5.74) is 0.264. The van der Waals surface area contributed by atoms with Gasteiger partial charge < -0.3 is 14.1 Å². The van der Waals surface area contributed by atoms with E-state index in [-0.39, 0.29) is 25.4 Å². The van der Waals surface area contributed by atoms with Crippen molar-refractivity contribution in [1.29, 1.82) is 0 Å². The Morgan fingerprint density at radius 1 is 0.960 bits per heavy atom. The molecule has 8 heteroatoms. The molecule has 25 heavy (non-hydrogen) atoms. The number of nitrogens with zero attached hydrogens (tertiary/aromatic N) is 1. The minimum absolute atomic E-state index is 0.124. The molecular formula is C17H35NO6P+. The predicted molar refractivity (Wildman–Crippen MR) is 98.1 cm³/mol. The molecule has 0 rings (SSSR count). The molecule has 1 N–H and O–H groups in total. The van der Waals surface area contributed by atoms with Crippen LogP contribution in [-0.2, 0) is 23.1 Å². The zero-order chi connectivity index (χ0) is 19.3. The summed E-state index contributed by atoms with van der Waals surface area (Å²) in [4.78, 5) is 20.9.